The highest BCUT2D eigenvalue weighted by atomic mass is 16.3. The number of carbonyl (C=O) groups excluding carboxylic acids is 1. The van der Waals surface area contributed by atoms with E-state index >= 15 is 0 Å². The molecule has 94 valence electrons. The molecule has 1 saturated carbocycles. The molecule has 3 heteroatoms. The molecule has 1 atom stereocenters. The van der Waals surface area contributed by atoms with Gasteiger partial charge in [0.25, 0.3) is 0 Å². The Morgan fingerprint density at radius 2 is 1.81 bits per heavy atom. The lowest BCUT2D eigenvalue weighted by atomic mass is 9.84. The van der Waals surface area contributed by atoms with Crippen LogP contribution < -0.4 is 5.32 Å². The SMILES string of the molecule is CC(C)C(C)C(=O)NCC1(O)CCCCC1. The van der Waals surface area contributed by atoms with Gasteiger partial charge in [-0.1, -0.05) is 40.0 Å². The van der Waals surface area contributed by atoms with Crippen molar-refractivity contribution < 1.29 is 9.90 Å². The van der Waals surface area contributed by atoms with Gasteiger partial charge in [-0.25, -0.2) is 0 Å². The maximum absolute atomic E-state index is 11.7. The van der Waals surface area contributed by atoms with E-state index in [4.69, 9.17) is 0 Å². The lowest BCUT2D eigenvalue weighted by molar-refractivity contribution is -0.127. The van der Waals surface area contributed by atoms with Gasteiger partial charge in [-0.15, -0.1) is 0 Å². The van der Waals surface area contributed by atoms with E-state index in [-0.39, 0.29) is 11.8 Å². The minimum Gasteiger partial charge on any atom is -0.388 e. The van der Waals surface area contributed by atoms with Crippen LogP contribution in [0.2, 0.25) is 0 Å². The van der Waals surface area contributed by atoms with Gasteiger partial charge in [0.05, 0.1) is 5.60 Å². The molecule has 1 amide bonds. The zero-order chi connectivity index (χ0) is 12.2. The number of aliphatic hydroxyl groups is 1. The van der Waals surface area contributed by atoms with Crippen molar-refractivity contribution in [2.75, 3.05) is 6.54 Å². The van der Waals surface area contributed by atoms with E-state index in [1.54, 1.807) is 0 Å². The molecule has 0 spiro atoms. The number of hydrogen-bond acceptors (Lipinski definition) is 2. The Kier molecular flexibility index (Phi) is 4.78. The zero-order valence-electron chi connectivity index (χ0n) is 10.8. The number of amides is 1. The first-order valence-corrected chi connectivity index (χ1v) is 6.45. The summed E-state index contributed by atoms with van der Waals surface area (Å²) >= 11 is 0. The van der Waals surface area contributed by atoms with Gasteiger partial charge in [-0.2, -0.15) is 0 Å². The summed E-state index contributed by atoms with van der Waals surface area (Å²) in [4.78, 5) is 11.7. The minimum absolute atomic E-state index is 0.0205. The molecule has 0 aromatic carbocycles. The Morgan fingerprint density at radius 3 is 2.31 bits per heavy atom. The fraction of sp³-hybridized carbons (Fsp3) is 0.923. The van der Waals surface area contributed by atoms with Gasteiger partial charge in [0.15, 0.2) is 0 Å². The van der Waals surface area contributed by atoms with Crippen molar-refractivity contribution in [1.29, 1.82) is 0 Å². The second-order valence-corrected chi connectivity index (χ2v) is 5.54. The van der Waals surface area contributed by atoms with Crippen molar-refractivity contribution in [2.45, 2.75) is 58.5 Å². The van der Waals surface area contributed by atoms with E-state index in [1.165, 1.54) is 6.42 Å². The Bertz CT molecular complexity index is 232. The molecule has 3 nitrogen and oxygen atoms in total. The first kappa shape index (κ1) is 13.5. The van der Waals surface area contributed by atoms with Crippen LogP contribution in [0, 0.1) is 11.8 Å². The average molecular weight is 227 g/mol. The molecule has 0 heterocycles. The minimum atomic E-state index is -0.648. The molecule has 0 saturated heterocycles. The topological polar surface area (TPSA) is 49.3 Å². The van der Waals surface area contributed by atoms with Gasteiger partial charge in [0.2, 0.25) is 5.91 Å². The Morgan fingerprint density at radius 1 is 1.25 bits per heavy atom. The molecular formula is C13H25NO2. The molecule has 1 aliphatic rings. The summed E-state index contributed by atoms with van der Waals surface area (Å²) in [5, 5.41) is 13.1. The maximum atomic E-state index is 11.7. The molecule has 1 fully saturated rings. The van der Waals surface area contributed by atoms with Gasteiger partial charge in [0.1, 0.15) is 0 Å². The predicted molar refractivity (Wildman–Crippen MR) is 65.0 cm³/mol. The van der Waals surface area contributed by atoms with E-state index < -0.39 is 5.60 Å². The highest BCUT2D eigenvalue weighted by molar-refractivity contribution is 5.78. The fourth-order valence-corrected chi connectivity index (χ4v) is 2.10. The number of hydrogen-bond donors (Lipinski definition) is 2. The summed E-state index contributed by atoms with van der Waals surface area (Å²) in [6.07, 6.45) is 5.00. The van der Waals surface area contributed by atoms with Crippen molar-refractivity contribution in [1.82, 2.24) is 5.32 Å². The normalized spacial score (nSPS) is 21.8. The van der Waals surface area contributed by atoms with Crippen LogP contribution >= 0.6 is 0 Å². The third kappa shape index (κ3) is 3.78. The first-order chi connectivity index (χ1) is 7.44. The Balaban J connectivity index is 2.35. The van der Waals surface area contributed by atoms with Crippen LogP contribution in [0.4, 0.5) is 0 Å². The van der Waals surface area contributed by atoms with Gasteiger partial charge >= 0.3 is 0 Å². The Labute approximate surface area is 98.6 Å². The van der Waals surface area contributed by atoms with E-state index in [1.807, 2.05) is 20.8 Å². The van der Waals surface area contributed by atoms with E-state index in [0.717, 1.165) is 25.7 Å². The largest absolute Gasteiger partial charge is 0.388 e. The van der Waals surface area contributed by atoms with Gasteiger partial charge in [-0.3, -0.25) is 4.79 Å². The second-order valence-electron chi connectivity index (χ2n) is 5.54. The standard InChI is InChI=1S/C13H25NO2/c1-10(2)11(3)12(15)14-9-13(16)7-5-4-6-8-13/h10-11,16H,4-9H2,1-3H3,(H,14,15). The lowest BCUT2D eigenvalue weighted by Crippen LogP contribution is -2.46. The van der Waals surface area contributed by atoms with Crippen LogP contribution in [-0.4, -0.2) is 23.2 Å². The van der Waals surface area contributed by atoms with Crippen molar-refractivity contribution in [3.05, 3.63) is 0 Å². The molecule has 1 unspecified atom stereocenters. The molecule has 16 heavy (non-hydrogen) atoms. The zero-order valence-corrected chi connectivity index (χ0v) is 10.8. The summed E-state index contributed by atoms with van der Waals surface area (Å²) < 4.78 is 0. The lowest BCUT2D eigenvalue weighted by Gasteiger charge is -2.32. The number of carbonyl (C=O) groups is 1. The second kappa shape index (κ2) is 5.67. The van der Waals surface area contributed by atoms with E-state index in [2.05, 4.69) is 5.32 Å². The monoisotopic (exact) mass is 227 g/mol. The predicted octanol–water partition coefficient (Wildman–Crippen LogP) is 2.09. The smallest absolute Gasteiger partial charge is 0.223 e. The highest BCUT2D eigenvalue weighted by Crippen LogP contribution is 2.27. The third-order valence-corrected chi connectivity index (χ3v) is 3.79. The van der Waals surface area contributed by atoms with E-state index in [9.17, 15) is 9.90 Å². The summed E-state index contributed by atoms with van der Waals surface area (Å²) in [5.41, 5.74) is -0.648. The number of nitrogens with one attached hydrogen (secondary N) is 1. The molecule has 1 rings (SSSR count). The van der Waals surface area contributed by atoms with Crippen LogP contribution in [0.3, 0.4) is 0 Å². The molecular weight excluding hydrogens is 202 g/mol. The van der Waals surface area contributed by atoms with Crippen LogP contribution in [-0.2, 0) is 4.79 Å². The third-order valence-electron chi connectivity index (χ3n) is 3.79. The van der Waals surface area contributed by atoms with Gasteiger partial charge in [0, 0.05) is 12.5 Å². The maximum Gasteiger partial charge on any atom is 0.223 e. The molecule has 0 aliphatic heterocycles. The number of rotatable bonds is 4. The van der Waals surface area contributed by atoms with Crippen molar-refractivity contribution in [3.8, 4) is 0 Å². The van der Waals surface area contributed by atoms with Crippen molar-refractivity contribution in [3.63, 3.8) is 0 Å². The highest BCUT2D eigenvalue weighted by Gasteiger charge is 2.30. The summed E-state index contributed by atoms with van der Waals surface area (Å²) in [6, 6.07) is 0. The van der Waals surface area contributed by atoms with Crippen molar-refractivity contribution in [2.24, 2.45) is 11.8 Å². The van der Waals surface area contributed by atoms with Crippen LogP contribution in [0.5, 0.6) is 0 Å². The molecule has 0 aromatic heterocycles. The molecule has 0 aromatic rings. The van der Waals surface area contributed by atoms with Gasteiger partial charge in [-0.05, 0) is 18.8 Å². The Hall–Kier alpha value is -0.570. The molecule has 0 bridgehead atoms. The molecule has 2 N–H and O–H groups in total. The fourth-order valence-electron chi connectivity index (χ4n) is 2.10. The van der Waals surface area contributed by atoms with E-state index in [0.29, 0.717) is 12.5 Å². The average Bonchev–Trinajstić information content (AvgIpc) is 2.26. The summed E-state index contributed by atoms with van der Waals surface area (Å²) in [5.74, 6) is 0.433. The summed E-state index contributed by atoms with van der Waals surface area (Å²) in [7, 11) is 0. The van der Waals surface area contributed by atoms with Crippen LogP contribution in [0.15, 0.2) is 0 Å². The van der Waals surface area contributed by atoms with Crippen LogP contribution in [0.1, 0.15) is 52.9 Å². The van der Waals surface area contributed by atoms with Crippen molar-refractivity contribution >= 4 is 5.91 Å². The summed E-state index contributed by atoms with van der Waals surface area (Å²) in [6.45, 7) is 6.44. The first-order valence-electron chi connectivity index (χ1n) is 6.45. The van der Waals surface area contributed by atoms with Crippen LogP contribution in [0.25, 0.3) is 0 Å². The quantitative estimate of drug-likeness (QED) is 0.772. The molecule has 1 aliphatic carbocycles. The van der Waals surface area contributed by atoms with Gasteiger partial charge < -0.3 is 10.4 Å². The molecule has 0 radical (unpaired) electrons.